The van der Waals surface area contributed by atoms with Gasteiger partial charge in [0.1, 0.15) is 11.9 Å². The van der Waals surface area contributed by atoms with Crippen molar-refractivity contribution >= 4 is 10.9 Å². The molecule has 9 heteroatoms. The minimum absolute atomic E-state index is 0. The molecule has 0 aliphatic heterocycles. The molecular formula is C24H16F2N6Pt. The molecule has 0 aliphatic rings. The Hall–Kier alpha value is -3.38. The summed E-state index contributed by atoms with van der Waals surface area (Å²) in [7, 11) is 0. The zero-order valence-corrected chi connectivity index (χ0v) is 19.8. The molecule has 0 aromatic carbocycles. The fourth-order valence-electron chi connectivity index (χ4n) is 3.52. The molecular weight excluding hydrogens is 605 g/mol. The third kappa shape index (κ3) is 4.18. The molecule has 0 saturated heterocycles. The molecule has 33 heavy (non-hydrogen) atoms. The molecule has 0 saturated carbocycles. The smallest absolute Gasteiger partial charge is 0.573 e. The monoisotopic (exact) mass is 621 g/mol. The van der Waals surface area contributed by atoms with E-state index >= 15 is 0 Å². The van der Waals surface area contributed by atoms with E-state index in [1.165, 1.54) is 0 Å². The standard InChI is InChI=1S/C24H16F2N6.Pt/c1-24(2,19-7-3-5-16(28-19)14-9-10-21(25)30-23(14)26)20-8-4-6-18(29-20)22-15-13-27-12-11-17(15)31-32-22;/h3-8,10-13H,1-2H3;/q-2;+2. The van der Waals surface area contributed by atoms with Crippen LogP contribution >= 0.6 is 0 Å². The third-order valence-corrected chi connectivity index (χ3v) is 5.34. The Balaban J connectivity index is 0.00000259. The van der Waals surface area contributed by atoms with Gasteiger partial charge < -0.3 is 15.2 Å². The van der Waals surface area contributed by atoms with Crippen molar-refractivity contribution in [2.24, 2.45) is 0 Å². The van der Waals surface area contributed by atoms with Gasteiger partial charge in [-0.25, -0.2) is 8.78 Å². The van der Waals surface area contributed by atoms with Gasteiger partial charge >= 0.3 is 21.1 Å². The van der Waals surface area contributed by atoms with Gasteiger partial charge in [-0.3, -0.25) is 15.0 Å². The molecule has 0 unspecified atom stereocenters. The van der Waals surface area contributed by atoms with E-state index in [-0.39, 0.29) is 26.6 Å². The first kappa shape index (κ1) is 22.8. The van der Waals surface area contributed by atoms with Crippen molar-refractivity contribution in [2.45, 2.75) is 19.3 Å². The molecule has 0 aliphatic carbocycles. The Bertz CT molecular complexity index is 1450. The number of aromatic nitrogens is 6. The SMILES string of the molecule is CC(C)(c1cccc(-c2[c-]cc(F)nc2F)n1)c1cccc(-c2[n-]nc3ccncc23)n1.[Pt+2]. The van der Waals surface area contributed by atoms with Crippen LogP contribution in [0.15, 0.2) is 60.9 Å². The van der Waals surface area contributed by atoms with Gasteiger partial charge in [-0.05, 0) is 43.8 Å². The average Bonchev–Trinajstić information content (AvgIpc) is 3.23. The van der Waals surface area contributed by atoms with Crippen LogP contribution in [-0.4, -0.2) is 25.0 Å². The van der Waals surface area contributed by atoms with Gasteiger partial charge in [-0.15, -0.1) is 6.07 Å². The Labute approximate surface area is 202 Å². The van der Waals surface area contributed by atoms with Gasteiger partial charge in [0.25, 0.3) is 0 Å². The predicted molar refractivity (Wildman–Crippen MR) is 114 cm³/mol. The summed E-state index contributed by atoms with van der Waals surface area (Å²) in [6, 6.07) is 16.3. The Morgan fingerprint density at radius 2 is 1.61 bits per heavy atom. The third-order valence-electron chi connectivity index (χ3n) is 5.34. The molecule has 166 valence electrons. The molecule has 0 amide bonds. The topological polar surface area (TPSA) is 78.5 Å². The quantitative estimate of drug-likeness (QED) is 0.217. The average molecular weight is 622 g/mol. The predicted octanol–water partition coefficient (Wildman–Crippen LogP) is 4.51. The van der Waals surface area contributed by atoms with Crippen molar-refractivity contribution in [1.82, 2.24) is 30.1 Å². The van der Waals surface area contributed by atoms with Gasteiger partial charge in [0.05, 0.1) is 16.9 Å². The summed E-state index contributed by atoms with van der Waals surface area (Å²) >= 11 is 0. The van der Waals surface area contributed by atoms with Crippen molar-refractivity contribution < 1.29 is 29.8 Å². The maximum atomic E-state index is 14.2. The largest absolute Gasteiger partial charge is 2.00 e. The summed E-state index contributed by atoms with van der Waals surface area (Å²) in [6.07, 6.45) is 3.39. The maximum Gasteiger partial charge on any atom is 2.00 e. The summed E-state index contributed by atoms with van der Waals surface area (Å²) in [5, 5.41) is 9.30. The molecule has 0 spiro atoms. The second-order valence-corrected chi connectivity index (χ2v) is 7.77. The first-order valence-electron chi connectivity index (χ1n) is 9.86. The van der Waals surface area contributed by atoms with Crippen LogP contribution in [0.2, 0.25) is 0 Å². The molecule has 0 atom stereocenters. The second kappa shape index (κ2) is 8.87. The summed E-state index contributed by atoms with van der Waals surface area (Å²) in [4.78, 5) is 16.8. The van der Waals surface area contributed by atoms with Gasteiger partial charge in [-0.2, -0.15) is 0 Å². The molecule has 5 heterocycles. The molecule has 5 aromatic heterocycles. The van der Waals surface area contributed by atoms with E-state index in [1.54, 1.807) is 30.6 Å². The van der Waals surface area contributed by atoms with E-state index < -0.39 is 17.3 Å². The molecule has 0 radical (unpaired) electrons. The number of hydrogen-bond donors (Lipinski definition) is 0. The van der Waals surface area contributed by atoms with Gasteiger partial charge in [0, 0.05) is 28.9 Å². The van der Waals surface area contributed by atoms with Crippen LogP contribution in [0.3, 0.4) is 0 Å². The van der Waals surface area contributed by atoms with E-state index in [0.717, 1.165) is 22.7 Å². The zero-order valence-electron chi connectivity index (χ0n) is 17.5. The van der Waals surface area contributed by atoms with E-state index in [9.17, 15) is 8.78 Å². The van der Waals surface area contributed by atoms with Crippen LogP contribution in [0.5, 0.6) is 0 Å². The van der Waals surface area contributed by atoms with Crippen LogP contribution in [0.1, 0.15) is 25.2 Å². The minimum atomic E-state index is -0.956. The fourth-order valence-corrected chi connectivity index (χ4v) is 3.52. The second-order valence-electron chi connectivity index (χ2n) is 7.77. The van der Waals surface area contributed by atoms with E-state index in [2.05, 4.69) is 31.2 Å². The van der Waals surface area contributed by atoms with Gasteiger partial charge in [-0.1, -0.05) is 35.5 Å². The van der Waals surface area contributed by atoms with Crippen LogP contribution in [-0.2, 0) is 26.5 Å². The number of fused-ring (bicyclic) bond motifs is 1. The maximum absolute atomic E-state index is 14.2. The van der Waals surface area contributed by atoms with Gasteiger partial charge in [0.2, 0.25) is 0 Å². The molecule has 5 aromatic rings. The van der Waals surface area contributed by atoms with Gasteiger partial charge in [0.15, 0.2) is 0 Å². The van der Waals surface area contributed by atoms with Crippen molar-refractivity contribution in [3.05, 3.63) is 90.3 Å². The van der Waals surface area contributed by atoms with E-state index in [1.807, 2.05) is 38.1 Å². The Kier molecular flexibility index (Phi) is 6.13. The summed E-state index contributed by atoms with van der Waals surface area (Å²) < 4.78 is 27.4. The Morgan fingerprint density at radius 3 is 2.33 bits per heavy atom. The normalized spacial score (nSPS) is 11.4. The number of pyridine rings is 4. The van der Waals surface area contributed by atoms with Crippen LogP contribution in [0, 0.1) is 18.0 Å². The van der Waals surface area contributed by atoms with Crippen molar-refractivity contribution in [3.8, 4) is 22.6 Å². The van der Waals surface area contributed by atoms with Crippen LogP contribution in [0.25, 0.3) is 33.5 Å². The first-order valence-corrected chi connectivity index (χ1v) is 9.86. The molecule has 0 N–H and O–H groups in total. The molecule has 5 rings (SSSR count). The number of hydrogen-bond acceptors (Lipinski definition) is 5. The molecule has 6 nitrogen and oxygen atoms in total. The van der Waals surface area contributed by atoms with Crippen molar-refractivity contribution in [3.63, 3.8) is 0 Å². The van der Waals surface area contributed by atoms with E-state index in [4.69, 9.17) is 4.98 Å². The number of rotatable bonds is 4. The zero-order chi connectivity index (χ0) is 22.3. The van der Waals surface area contributed by atoms with Crippen LogP contribution < -0.4 is 5.10 Å². The van der Waals surface area contributed by atoms with Crippen molar-refractivity contribution in [1.29, 1.82) is 0 Å². The van der Waals surface area contributed by atoms with E-state index in [0.29, 0.717) is 22.8 Å². The first-order chi connectivity index (χ1) is 15.4. The number of nitrogens with zero attached hydrogens (tertiary/aromatic N) is 6. The summed E-state index contributed by atoms with van der Waals surface area (Å²) in [5.41, 5.74) is 3.20. The summed E-state index contributed by atoms with van der Waals surface area (Å²) in [6.45, 7) is 3.95. The fraction of sp³-hybridized carbons (Fsp3) is 0.125. The summed E-state index contributed by atoms with van der Waals surface area (Å²) in [5.74, 6) is -1.88. The number of halogens is 2. The minimum Gasteiger partial charge on any atom is -0.573 e. The van der Waals surface area contributed by atoms with Crippen LogP contribution in [0.4, 0.5) is 8.78 Å². The molecule has 0 fully saturated rings. The Morgan fingerprint density at radius 1 is 0.909 bits per heavy atom. The van der Waals surface area contributed by atoms with Crippen molar-refractivity contribution in [2.75, 3.05) is 0 Å². The molecule has 0 bridgehead atoms.